The fourth-order valence-electron chi connectivity index (χ4n) is 1.19. The topological polar surface area (TPSA) is 17.1 Å². The molecule has 0 aliphatic carbocycles. The highest BCUT2D eigenvalue weighted by Crippen LogP contribution is 2.24. The molecular weight excluding hydrogens is 215 g/mol. The minimum atomic E-state index is -0.650. The first-order chi connectivity index (χ1) is 6.88. The van der Waals surface area contributed by atoms with Crippen molar-refractivity contribution in [1.82, 2.24) is 0 Å². The van der Waals surface area contributed by atoms with E-state index in [1.165, 1.54) is 6.07 Å². The van der Waals surface area contributed by atoms with Gasteiger partial charge in [0.2, 0.25) is 0 Å². The fourth-order valence-corrected chi connectivity index (χ4v) is 1.31. The van der Waals surface area contributed by atoms with Crippen LogP contribution in [-0.2, 0) is 0 Å². The Labute approximate surface area is 94.3 Å². The number of aryl methyl sites for hydroxylation is 1. The molecular formula is C12H14ClFO. The summed E-state index contributed by atoms with van der Waals surface area (Å²) in [6, 6.07) is 4.51. The van der Waals surface area contributed by atoms with Gasteiger partial charge in [-0.1, -0.05) is 26.0 Å². The van der Waals surface area contributed by atoms with E-state index in [9.17, 15) is 9.18 Å². The molecule has 0 saturated heterocycles. The molecule has 0 atom stereocenters. The molecule has 0 unspecified atom stereocenters. The number of Topliss-reactive ketones (excluding diaryl/α,β-unsaturated/α-hetero) is 1. The Bertz CT molecular complexity index is 385. The van der Waals surface area contributed by atoms with Gasteiger partial charge in [0.25, 0.3) is 0 Å². The van der Waals surface area contributed by atoms with E-state index >= 15 is 0 Å². The predicted octanol–water partition coefficient (Wildman–Crippen LogP) is 3.58. The van der Waals surface area contributed by atoms with Gasteiger partial charge in [-0.3, -0.25) is 4.79 Å². The average molecular weight is 229 g/mol. The van der Waals surface area contributed by atoms with Gasteiger partial charge in [-0.2, -0.15) is 0 Å². The van der Waals surface area contributed by atoms with Gasteiger partial charge in [0.1, 0.15) is 5.82 Å². The number of halogens is 2. The quantitative estimate of drug-likeness (QED) is 0.571. The van der Waals surface area contributed by atoms with E-state index in [4.69, 9.17) is 11.6 Å². The first-order valence-electron chi connectivity index (χ1n) is 4.75. The summed E-state index contributed by atoms with van der Waals surface area (Å²) in [7, 11) is 0. The van der Waals surface area contributed by atoms with E-state index in [0.29, 0.717) is 11.1 Å². The Hall–Kier alpha value is -0.890. The molecule has 0 radical (unpaired) electrons. The highest BCUT2D eigenvalue weighted by Gasteiger charge is 2.27. The number of hydrogen-bond acceptors (Lipinski definition) is 1. The molecule has 3 heteroatoms. The number of carbonyl (C=O) groups is 1. The Kier molecular flexibility index (Phi) is 3.50. The van der Waals surface area contributed by atoms with Gasteiger partial charge in [0.05, 0.1) is 0 Å². The molecule has 1 nitrogen and oxygen atoms in total. The van der Waals surface area contributed by atoms with E-state index < -0.39 is 5.41 Å². The number of carbonyl (C=O) groups excluding carboxylic acids is 1. The van der Waals surface area contributed by atoms with Crippen LogP contribution in [0.2, 0.25) is 0 Å². The normalized spacial score (nSPS) is 11.5. The molecule has 0 fully saturated rings. The van der Waals surface area contributed by atoms with Crippen LogP contribution in [0.15, 0.2) is 18.2 Å². The summed E-state index contributed by atoms with van der Waals surface area (Å²) in [5, 5.41) is 0. The minimum absolute atomic E-state index is 0.128. The van der Waals surface area contributed by atoms with Crippen LogP contribution in [0.1, 0.15) is 29.8 Å². The molecule has 82 valence electrons. The van der Waals surface area contributed by atoms with E-state index in [2.05, 4.69) is 0 Å². The number of hydrogen-bond donors (Lipinski definition) is 0. The largest absolute Gasteiger partial charge is 0.294 e. The van der Waals surface area contributed by atoms with Crippen molar-refractivity contribution in [3.8, 4) is 0 Å². The SMILES string of the molecule is Cc1ccc(C(=O)C(C)(C)CCl)cc1F. The van der Waals surface area contributed by atoms with Crippen LogP contribution in [-0.4, -0.2) is 11.7 Å². The molecule has 0 saturated carbocycles. The minimum Gasteiger partial charge on any atom is -0.294 e. The lowest BCUT2D eigenvalue weighted by atomic mass is 9.86. The van der Waals surface area contributed by atoms with E-state index in [1.807, 2.05) is 0 Å². The first kappa shape index (κ1) is 12.2. The zero-order valence-electron chi connectivity index (χ0n) is 9.10. The second-order valence-electron chi connectivity index (χ2n) is 4.31. The lowest BCUT2D eigenvalue weighted by Gasteiger charge is -2.19. The lowest BCUT2D eigenvalue weighted by Crippen LogP contribution is -2.26. The monoisotopic (exact) mass is 228 g/mol. The molecule has 0 N–H and O–H groups in total. The molecule has 0 aliphatic heterocycles. The number of rotatable bonds is 3. The molecule has 0 spiro atoms. The molecule has 0 heterocycles. The van der Waals surface area contributed by atoms with Crippen molar-refractivity contribution in [2.45, 2.75) is 20.8 Å². The second-order valence-corrected chi connectivity index (χ2v) is 4.58. The number of benzene rings is 1. The molecule has 0 aliphatic rings. The summed E-state index contributed by atoms with van der Waals surface area (Å²) < 4.78 is 13.2. The second kappa shape index (κ2) is 4.31. The van der Waals surface area contributed by atoms with Crippen molar-refractivity contribution < 1.29 is 9.18 Å². The third-order valence-electron chi connectivity index (χ3n) is 2.38. The standard InChI is InChI=1S/C12H14ClFO/c1-8-4-5-9(6-10(8)14)11(15)12(2,3)7-13/h4-6H,7H2,1-3H3. The van der Waals surface area contributed by atoms with Crippen LogP contribution in [0.3, 0.4) is 0 Å². The Morgan fingerprint density at radius 2 is 2.07 bits per heavy atom. The zero-order valence-corrected chi connectivity index (χ0v) is 9.86. The fraction of sp³-hybridized carbons (Fsp3) is 0.417. The summed E-state index contributed by atoms with van der Waals surface area (Å²) >= 11 is 5.69. The first-order valence-corrected chi connectivity index (χ1v) is 5.29. The van der Waals surface area contributed by atoms with E-state index in [0.717, 1.165) is 0 Å². The predicted molar refractivity (Wildman–Crippen MR) is 60.0 cm³/mol. The lowest BCUT2D eigenvalue weighted by molar-refractivity contribution is 0.0861. The summed E-state index contributed by atoms with van der Waals surface area (Å²) in [6.07, 6.45) is 0. The van der Waals surface area contributed by atoms with Crippen molar-refractivity contribution in [3.63, 3.8) is 0 Å². The van der Waals surface area contributed by atoms with Gasteiger partial charge in [-0.05, 0) is 18.6 Å². The maximum absolute atomic E-state index is 13.2. The van der Waals surface area contributed by atoms with E-state index in [-0.39, 0.29) is 17.5 Å². The summed E-state index contributed by atoms with van der Waals surface area (Å²) in [4.78, 5) is 11.9. The number of ketones is 1. The van der Waals surface area contributed by atoms with Crippen molar-refractivity contribution >= 4 is 17.4 Å². The number of alkyl halides is 1. The van der Waals surface area contributed by atoms with Crippen molar-refractivity contribution in [1.29, 1.82) is 0 Å². The Morgan fingerprint density at radius 3 is 2.53 bits per heavy atom. The van der Waals surface area contributed by atoms with Crippen LogP contribution in [0.4, 0.5) is 4.39 Å². The molecule has 0 bridgehead atoms. The van der Waals surface area contributed by atoms with Gasteiger partial charge >= 0.3 is 0 Å². The van der Waals surface area contributed by atoms with Crippen LogP contribution in [0.25, 0.3) is 0 Å². The van der Waals surface area contributed by atoms with Gasteiger partial charge in [-0.15, -0.1) is 11.6 Å². The molecule has 15 heavy (non-hydrogen) atoms. The summed E-state index contributed by atoms with van der Waals surface area (Å²) in [5.41, 5.74) is 0.266. The van der Waals surface area contributed by atoms with Crippen molar-refractivity contribution in [2.75, 3.05) is 5.88 Å². The third-order valence-corrected chi connectivity index (χ3v) is 3.05. The van der Waals surface area contributed by atoms with Gasteiger partial charge < -0.3 is 0 Å². The van der Waals surface area contributed by atoms with Gasteiger partial charge in [0.15, 0.2) is 5.78 Å². The van der Waals surface area contributed by atoms with Crippen LogP contribution >= 0.6 is 11.6 Å². The molecule has 1 rings (SSSR count). The molecule has 0 aromatic heterocycles. The summed E-state index contributed by atoms with van der Waals surface area (Å²) in [5.74, 6) is -0.260. The maximum atomic E-state index is 13.2. The van der Waals surface area contributed by atoms with Crippen LogP contribution < -0.4 is 0 Å². The average Bonchev–Trinajstić information content (AvgIpc) is 2.21. The maximum Gasteiger partial charge on any atom is 0.169 e. The third kappa shape index (κ3) is 2.57. The smallest absolute Gasteiger partial charge is 0.169 e. The molecule has 1 aromatic carbocycles. The molecule has 1 aromatic rings. The van der Waals surface area contributed by atoms with Crippen molar-refractivity contribution in [2.24, 2.45) is 5.41 Å². The van der Waals surface area contributed by atoms with Gasteiger partial charge in [0, 0.05) is 16.9 Å². The highest BCUT2D eigenvalue weighted by molar-refractivity contribution is 6.20. The van der Waals surface area contributed by atoms with Crippen molar-refractivity contribution in [3.05, 3.63) is 35.1 Å². The Morgan fingerprint density at radius 1 is 1.47 bits per heavy atom. The van der Waals surface area contributed by atoms with Gasteiger partial charge in [-0.25, -0.2) is 4.39 Å². The highest BCUT2D eigenvalue weighted by atomic mass is 35.5. The van der Waals surface area contributed by atoms with Crippen LogP contribution in [0.5, 0.6) is 0 Å². The van der Waals surface area contributed by atoms with E-state index in [1.54, 1.807) is 32.9 Å². The molecule has 0 amide bonds. The summed E-state index contributed by atoms with van der Waals surface area (Å²) in [6.45, 7) is 5.16. The zero-order chi connectivity index (χ0) is 11.6. The Balaban J connectivity index is 3.08. The van der Waals surface area contributed by atoms with Crippen LogP contribution in [0, 0.1) is 18.2 Å².